The Morgan fingerprint density at radius 3 is 2.83 bits per heavy atom. The largest absolute Gasteiger partial charge is 0.289 e. The fourth-order valence-electron chi connectivity index (χ4n) is 3.48. The maximum absolute atomic E-state index is 12.8. The van der Waals surface area contributed by atoms with E-state index in [2.05, 4.69) is 18.0 Å². The molecule has 1 aliphatic rings. The molecule has 0 N–H and O–H groups in total. The molecule has 1 aliphatic carbocycles. The molecule has 0 saturated heterocycles. The summed E-state index contributed by atoms with van der Waals surface area (Å²) in [7, 11) is 0. The Morgan fingerprint density at radius 2 is 2.08 bits per heavy atom. The van der Waals surface area contributed by atoms with Crippen LogP contribution in [0, 0.1) is 5.92 Å². The van der Waals surface area contributed by atoms with Crippen molar-refractivity contribution >= 4 is 33.0 Å². The van der Waals surface area contributed by atoms with Crippen molar-refractivity contribution in [3.63, 3.8) is 0 Å². The molecular weight excluding hydrogens is 338 g/mol. The summed E-state index contributed by atoms with van der Waals surface area (Å²) in [6.07, 6.45) is 6.09. The van der Waals surface area contributed by atoms with Crippen molar-refractivity contribution in [2.24, 2.45) is 5.92 Å². The highest BCUT2D eigenvalue weighted by Gasteiger charge is 2.21. The van der Waals surface area contributed by atoms with Gasteiger partial charge in [0.1, 0.15) is 5.15 Å². The average molecular weight is 356 g/mol. The summed E-state index contributed by atoms with van der Waals surface area (Å²) in [6, 6.07) is 9.84. The van der Waals surface area contributed by atoms with E-state index in [9.17, 15) is 4.79 Å². The van der Waals surface area contributed by atoms with Crippen molar-refractivity contribution in [2.75, 3.05) is 0 Å². The summed E-state index contributed by atoms with van der Waals surface area (Å²) in [6.45, 7) is 2.24. The second-order valence-corrected chi connectivity index (χ2v) is 7.95. The van der Waals surface area contributed by atoms with Gasteiger partial charge in [0.05, 0.1) is 0 Å². The Kier molecular flexibility index (Phi) is 4.15. The highest BCUT2D eigenvalue weighted by Crippen LogP contribution is 2.33. The zero-order valence-corrected chi connectivity index (χ0v) is 15.1. The van der Waals surface area contributed by atoms with Crippen LogP contribution in [0.2, 0.25) is 5.15 Å². The first kappa shape index (κ1) is 15.8. The summed E-state index contributed by atoms with van der Waals surface area (Å²) < 4.78 is 1.07. The van der Waals surface area contributed by atoms with Crippen LogP contribution in [0.25, 0.3) is 21.2 Å². The van der Waals surface area contributed by atoms with E-state index in [1.54, 1.807) is 23.6 Å². The Bertz CT molecular complexity index is 962. The number of hydrogen-bond donors (Lipinski definition) is 0. The lowest BCUT2D eigenvalue weighted by Gasteiger charge is -2.22. The molecule has 1 unspecified atom stereocenters. The van der Waals surface area contributed by atoms with E-state index < -0.39 is 0 Å². The predicted molar refractivity (Wildman–Crippen MR) is 102 cm³/mol. The first-order chi connectivity index (χ1) is 11.7. The maximum Gasteiger partial charge on any atom is 0.191 e. The van der Waals surface area contributed by atoms with Gasteiger partial charge in [-0.2, -0.15) is 0 Å². The molecule has 1 aromatic carbocycles. The summed E-state index contributed by atoms with van der Waals surface area (Å²) in [5.41, 5.74) is 3.38. The topological polar surface area (TPSA) is 30.0 Å². The van der Waals surface area contributed by atoms with Crippen LogP contribution in [0.4, 0.5) is 0 Å². The molecular formula is C20H18ClNOS. The molecule has 2 nitrogen and oxygen atoms in total. The van der Waals surface area contributed by atoms with E-state index >= 15 is 0 Å². The van der Waals surface area contributed by atoms with Gasteiger partial charge < -0.3 is 0 Å². The summed E-state index contributed by atoms with van der Waals surface area (Å²) in [5.74, 6) is 0.717. The summed E-state index contributed by atoms with van der Waals surface area (Å²) in [5, 5.41) is 1.34. The second kappa shape index (κ2) is 6.30. The molecule has 0 radical (unpaired) electrons. The Balaban J connectivity index is 1.85. The Labute approximate surface area is 150 Å². The van der Waals surface area contributed by atoms with Gasteiger partial charge in [0, 0.05) is 32.3 Å². The van der Waals surface area contributed by atoms with Gasteiger partial charge >= 0.3 is 0 Å². The highest BCUT2D eigenvalue weighted by atomic mass is 35.5. The van der Waals surface area contributed by atoms with Crippen LogP contribution in [-0.2, 0) is 12.8 Å². The van der Waals surface area contributed by atoms with Crippen LogP contribution in [0.5, 0.6) is 0 Å². The van der Waals surface area contributed by atoms with E-state index in [-0.39, 0.29) is 5.43 Å². The highest BCUT2D eigenvalue weighted by molar-refractivity contribution is 7.18. The monoisotopic (exact) mass is 355 g/mol. The molecule has 2 aromatic heterocycles. The molecule has 3 aromatic rings. The number of hydrogen-bond acceptors (Lipinski definition) is 3. The second-order valence-electron chi connectivity index (χ2n) is 6.43. The molecule has 122 valence electrons. The van der Waals surface area contributed by atoms with Gasteiger partial charge in [0.15, 0.2) is 5.43 Å². The predicted octanol–water partition coefficient (Wildman–Crippen LogP) is 5.49. The summed E-state index contributed by atoms with van der Waals surface area (Å²) in [4.78, 5) is 18.3. The molecule has 0 amide bonds. The Hall–Kier alpha value is -1.71. The first-order valence-electron chi connectivity index (χ1n) is 8.36. The van der Waals surface area contributed by atoms with Crippen molar-refractivity contribution in [3.8, 4) is 11.1 Å². The molecule has 0 bridgehead atoms. The van der Waals surface area contributed by atoms with Crippen LogP contribution >= 0.6 is 22.9 Å². The van der Waals surface area contributed by atoms with Crippen LogP contribution < -0.4 is 5.43 Å². The molecule has 4 heteroatoms. The number of benzene rings is 1. The Morgan fingerprint density at radius 1 is 1.25 bits per heavy atom. The maximum atomic E-state index is 12.8. The number of aromatic nitrogens is 1. The standard InChI is InChI=1S/C20H18ClNOS/c1-2-12-3-6-15-17(9-12)24-18-10-13(4-7-16(18)20(15)23)14-5-8-19(21)22-11-14/h4-5,7-8,10-12H,2-3,6,9H2,1H3. The molecule has 24 heavy (non-hydrogen) atoms. The first-order valence-corrected chi connectivity index (χ1v) is 9.55. The zero-order valence-electron chi connectivity index (χ0n) is 13.5. The number of halogens is 1. The summed E-state index contributed by atoms with van der Waals surface area (Å²) >= 11 is 7.66. The average Bonchev–Trinajstić information content (AvgIpc) is 2.61. The van der Waals surface area contributed by atoms with Crippen molar-refractivity contribution in [2.45, 2.75) is 32.6 Å². The molecule has 0 saturated carbocycles. The van der Waals surface area contributed by atoms with Gasteiger partial charge in [-0.05, 0) is 55.0 Å². The van der Waals surface area contributed by atoms with Gasteiger partial charge in [-0.1, -0.05) is 31.0 Å². The molecule has 0 aliphatic heterocycles. The van der Waals surface area contributed by atoms with Crippen molar-refractivity contribution in [1.82, 2.24) is 4.98 Å². The van der Waals surface area contributed by atoms with Crippen LogP contribution in [0.1, 0.15) is 30.2 Å². The molecule has 1 atom stereocenters. The van der Waals surface area contributed by atoms with Gasteiger partial charge in [0.25, 0.3) is 0 Å². The van der Waals surface area contributed by atoms with Crippen molar-refractivity contribution in [1.29, 1.82) is 0 Å². The van der Waals surface area contributed by atoms with E-state index in [1.807, 2.05) is 18.2 Å². The van der Waals surface area contributed by atoms with Crippen LogP contribution in [0.3, 0.4) is 0 Å². The van der Waals surface area contributed by atoms with Gasteiger partial charge in [0.2, 0.25) is 0 Å². The normalized spacial score (nSPS) is 17.0. The number of nitrogens with zero attached hydrogens (tertiary/aromatic N) is 1. The van der Waals surface area contributed by atoms with Crippen LogP contribution in [0.15, 0.2) is 41.3 Å². The van der Waals surface area contributed by atoms with Gasteiger partial charge in [-0.3, -0.25) is 4.79 Å². The minimum absolute atomic E-state index is 0.231. The molecule has 0 spiro atoms. The van der Waals surface area contributed by atoms with Crippen molar-refractivity contribution < 1.29 is 0 Å². The third-order valence-electron chi connectivity index (χ3n) is 4.98. The lowest BCUT2D eigenvalue weighted by atomic mass is 9.86. The van der Waals surface area contributed by atoms with E-state index in [0.717, 1.165) is 46.0 Å². The number of rotatable bonds is 2. The van der Waals surface area contributed by atoms with Crippen LogP contribution in [-0.4, -0.2) is 4.98 Å². The SMILES string of the molecule is CCC1CCc2c(sc3cc(-c4ccc(Cl)nc4)ccc3c2=O)C1. The number of fused-ring (bicyclic) bond motifs is 2. The minimum Gasteiger partial charge on any atom is -0.289 e. The molecule has 4 rings (SSSR count). The minimum atomic E-state index is 0.231. The molecule has 2 heterocycles. The molecule has 0 fully saturated rings. The van der Waals surface area contributed by atoms with E-state index in [1.165, 1.54) is 11.3 Å². The fourth-order valence-corrected chi connectivity index (χ4v) is 4.95. The van der Waals surface area contributed by atoms with E-state index in [4.69, 9.17) is 11.6 Å². The lowest BCUT2D eigenvalue weighted by molar-refractivity contribution is 0.448. The smallest absolute Gasteiger partial charge is 0.191 e. The fraction of sp³-hybridized carbons (Fsp3) is 0.300. The number of pyridine rings is 1. The van der Waals surface area contributed by atoms with Gasteiger partial charge in [-0.15, -0.1) is 11.3 Å². The third kappa shape index (κ3) is 2.76. The third-order valence-corrected chi connectivity index (χ3v) is 6.43. The van der Waals surface area contributed by atoms with Gasteiger partial charge in [-0.25, -0.2) is 4.98 Å². The zero-order chi connectivity index (χ0) is 16.7. The lowest BCUT2D eigenvalue weighted by Crippen LogP contribution is -2.20. The van der Waals surface area contributed by atoms with E-state index in [0.29, 0.717) is 11.1 Å². The quantitative estimate of drug-likeness (QED) is 0.569. The van der Waals surface area contributed by atoms with Crippen molar-refractivity contribution in [3.05, 3.63) is 62.3 Å².